The summed E-state index contributed by atoms with van der Waals surface area (Å²) in [4.78, 5) is 12.4. The van der Waals surface area contributed by atoms with Crippen LogP contribution in [0.3, 0.4) is 0 Å². The molecule has 2 aromatic rings. The fourth-order valence-electron chi connectivity index (χ4n) is 2.93. The molecule has 2 aromatic carbocycles. The van der Waals surface area contributed by atoms with E-state index >= 15 is 0 Å². The minimum atomic E-state index is -0.114. The SMILES string of the molecule is C[C@H](C(=O)N[C@H]1CCCNC1)c1ccc2ccccc2c1. The Morgan fingerprint density at radius 1 is 1.24 bits per heavy atom. The van der Waals surface area contributed by atoms with Gasteiger partial charge in [0.15, 0.2) is 0 Å². The Labute approximate surface area is 125 Å². The molecule has 0 unspecified atom stereocenters. The molecule has 110 valence electrons. The van der Waals surface area contributed by atoms with Gasteiger partial charge in [0.2, 0.25) is 5.91 Å². The van der Waals surface area contributed by atoms with Crippen LogP contribution < -0.4 is 10.6 Å². The average Bonchev–Trinajstić information content (AvgIpc) is 2.54. The van der Waals surface area contributed by atoms with Crippen molar-refractivity contribution in [1.82, 2.24) is 10.6 Å². The predicted octanol–water partition coefficient (Wildman–Crippen LogP) is 2.81. The summed E-state index contributed by atoms with van der Waals surface area (Å²) in [5.74, 6) is 0.00973. The molecule has 3 rings (SSSR count). The van der Waals surface area contributed by atoms with Crippen molar-refractivity contribution in [3.05, 3.63) is 48.0 Å². The summed E-state index contributed by atoms with van der Waals surface area (Å²) in [6.07, 6.45) is 2.21. The third-order valence-corrected chi connectivity index (χ3v) is 4.31. The summed E-state index contributed by atoms with van der Waals surface area (Å²) in [6, 6.07) is 14.8. The molecule has 1 heterocycles. The van der Waals surface area contributed by atoms with Crippen molar-refractivity contribution < 1.29 is 4.79 Å². The normalized spacial score (nSPS) is 20.1. The lowest BCUT2D eigenvalue weighted by atomic mass is 9.96. The molecule has 2 N–H and O–H groups in total. The Kier molecular flexibility index (Phi) is 4.20. The first-order valence-corrected chi connectivity index (χ1v) is 7.74. The first-order valence-electron chi connectivity index (χ1n) is 7.74. The van der Waals surface area contributed by atoms with E-state index in [9.17, 15) is 4.79 Å². The third kappa shape index (κ3) is 3.24. The first kappa shape index (κ1) is 14.1. The van der Waals surface area contributed by atoms with E-state index in [0.717, 1.165) is 31.5 Å². The Hall–Kier alpha value is -1.87. The summed E-state index contributed by atoms with van der Waals surface area (Å²) in [5.41, 5.74) is 1.08. The highest BCUT2D eigenvalue weighted by Gasteiger charge is 2.20. The maximum Gasteiger partial charge on any atom is 0.227 e. The van der Waals surface area contributed by atoms with Crippen molar-refractivity contribution in [2.75, 3.05) is 13.1 Å². The van der Waals surface area contributed by atoms with Crippen molar-refractivity contribution >= 4 is 16.7 Å². The molecule has 21 heavy (non-hydrogen) atoms. The van der Waals surface area contributed by atoms with Gasteiger partial charge in [-0.25, -0.2) is 0 Å². The number of benzene rings is 2. The van der Waals surface area contributed by atoms with Crippen molar-refractivity contribution in [2.24, 2.45) is 0 Å². The molecular weight excluding hydrogens is 260 g/mol. The molecule has 3 heteroatoms. The predicted molar refractivity (Wildman–Crippen MR) is 86.4 cm³/mol. The minimum Gasteiger partial charge on any atom is -0.352 e. The summed E-state index contributed by atoms with van der Waals surface area (Å²) in [7, 11) is 0. The van der Waals surface area contributed by atoms with Gasteiger partial charge in [0.05, 0.1) is 5.92 Å². The fraction of sp³-hybridized carbons (Fsp3) is 0.389. The zero-order valence-electron chi connectivity index (χ0n) is 12.4. The van der Waals surface area contributed by atoms with E-state index < -0.39 is 0 Å². The Bertz CT molecular complexity index is 632. The van der Waals surface area contributed by atoms with E-state index in [1.165, 1.54) is 10.8 Å². The fourth-order valence-corrected chi connectivity index (χ4v) is 2.93. The number of fused-ring (bicyclic) bond motifs is 1. The van der Waals surface area contributed by atoms with Gasteiger partial charge < -0.3 is 10.6 Å². The van der Waals surface area contributed by atoms with Crippen LogP contribution in [0.2, 0.25) is 0 Å². The Morgan fingerprint density at radius 3 is 2.81 bits per heavy atom. The molecule has 1 aliphatic heterocycles. The van der Waals surface area contributed by atoms with Crippen molar-refractivity contribution in [1.29, 1.82) is 0 Å². The second kappa shape index (κ2) is 6.27. The monoisotopic (exact) mass is 282 g/mol. The number of carbonyl (C=O) groups is 1. The molecule has 0 spiro atoms. The number of rotatable bonds is 3. The van der Waals surface area contributed by atoms with Gasteiger partial charge in [0.25, 0.3) is 0 Å². The van der Waals surface area contributed by atoms with E-state index in [0.29, 0.717) is 0 Å². The highest BCUT2D eigenvalue weighted by Crippen LogP contribution is 2.22. The van der Waals surface area contributed by atoms with Crippen LogP contribution in [-0.2, 0) is 4.79 Å². The zero-order valence-corrected chi connectivity index (χ0v) is 12.4. The second-order valence-electron chi connectivity index (χ2n) is 5.88. The summed E-state index contributed by atoms with van der Waals surface area (Å²) < 4.78 is 0. The van der Waals surface area contributed by atoms with E-state index in [1.807, 2.05) is 19.1 Å². The average molecular weight is 282 g/mol. The molecule has 3 nitrogen and oxygen atoms in total. The van der Waals surface area contributed by atoms with Crippen molar-refractivity contribution in [3.63, 3.8) is 0 Å². The summed E-state index contributed by atoms with van der Waals surface area (Å²) in [6.45, 7) is 3.93. The number of amides is 1. The number of hydrogen-bond donors (Lipinski definition) is 2. The van der Waals surface area contributed by atoms with Gasteiger partial charge in [-0.15, -0.1) is 0 Å². The zero-order chi connectivity index (χ0) is 14.7. The lowest BCUT2D eigenvalue weighted by molar-refractivity contribution is -0.123. The smallest absolute Gasteiger partial charge is 0.227 e. The van der Waals surface area contributed by atoms with Crippen molar-refractivity contribution in [2.45, 2.75) is 31.7 Å². The van der Waals surface area contributed by atoms with Crippen LogP contribution in [0.25, 0.3) is 10.8 Å². The largest absolute Gasteiger partial charge is 0.352 e. The molecule has 1 aliphatic rings. The van der Waals surface area contributed by atoms with Crippen LogP contribution in [0, 0.1) is 0 Å². The molecule has 0 bridgehead atoms. The topological polar surface area (TPSA) is 41.1 Å². The Morgan fingerprint density at radius 2 is 2.05 bits per heavy atom. The lowest BCUT2D eigenvalue weighted by Gasteiger charge is -2.25. The number of carbonyl (C=O) groups excluding carboxylic acids is 1. The Balaban J connectivity index is 1.72. The van der Waals surface area contributed by atoms with Gasteiger partial charge in [-0.05, 0) is 42.6 Å². The van der Waals surface area contributed by atoms with Crippen LogP contribution >= 0.6 is 0 Å². The molecule has 0 radical (unpaired) electrons. The number of nitrogens with one attached hydrogen (secondary N) is 2. The van der Waals surface area contributed by atoms with Gasteiger partial charge in [-0.1, -0.05) is 42.5 Å². The second-order valence-corrected chi connectivity index (χ2v) is 5.88. The molecule has 1 amide bonds. The van der Waals surface area contributed by atoms with E-state index in [4.69, 9.17) is 0 Å². The molecule has 0 aliphatic carbocycles. The molecular formula is C18H22N2O. The van der Waals surface area contributed by atoms with E-state index in [1.54, 1.807) is 0 Å². The van der Waals surface area contributed by atoms with E-state index in [2.05, 4.69) is 41.0 Å². The van der Waals surface area contributed by atoms with Gasteiger partial charge >= 0.3 is 0 Å². The van der Waals surface area contributed by atoms with Crippen LogP contribution in [-0.4, -0.2) is 25.0 Å². The molecule has 1 saturated heterocycles. The van der Waals surface area contributed by atoms with Crippen LogP contribution in [0.4, 0.5) is 0 Å². The van der Waals surface area contributed by atoms with Crippen molar-refractivity contribution in [3.8, 4) is 0 Å². The highest BCUT2D eigenvalue weighted by molar-refractivity contribution is 5.87. The third-order valence-electron chi connectivity index (χ3n) is 4.31. The maximum absolute atomic E-state index is 12.4. The quantitative estimate of drug-likeness (QED) is 0.909. The molecule has 1 fully saturated rings. The number of piperidine rings is 1. The standard InChI is InChI=1S/C18H22N2O/c1-13(18(21)20-17-7-4-10-19-12-17)15-9-8-14-5-2-3-6-16(14)11-15/h2-3,5-6,8-9,11,13,17,19H,4,7,10,12H2,1H3,(H,20,21)/t13-,17-/m0/s1. The first-order chi connectivity index (χ1) is 10.2. The maximum atomic E-state index is 12.4. The molecule has 0 saturated carbocycles. The summed E-state index contributed by atoms with van der Waals surface area (Å²) >= 11 is 0. The van der Waals surface area contributed by atoms with Gasteiger partial charge in [-0.3, -0.25) is 4.79 Å². The molecule has 2 atom stereocenters. The minimum absolute atomic E-state index is 0.114. The molecule has 0 aromatic heterocycles. The van der Waals surface area contributed by atoms with E-state index in [-0.39, 0.29) is 17.9 Å². The van der Waals surface area contributed by atoms with Crippen LogP contribution in [0.15, 0.2) is 42.5 Å². The summed E-state index contributed by atoms with van der Waals surface area (Å²) in [5, 5.41) is 8.89. The lowest BCUT2D eigenvalue weighted by Crippen LogP contribution is -2.46. The van der Waals surface area contributed by atoms with Crippen LogP contribution in [0.1, 0.15) is 31.2 Å². The van der Waals surface area contributed by atoms with Gasteiger partial charge in [0.1, 0.15) is 0 Å². The highest BCUT2D eigenvalue weighted by atomic mass is 16.1. The van der Waals surface area contributed by atoms with Crippen LogP contribution in [0.5, 0.6) is 0 Å². The van der Waals surface area contributed by atoms with Gasteiger partial charge in [0, 0.05) is 12.6 Å². The van der Waals surface area contributed by atoms with Gasteiger partial charge in [-0.2, -0.15) is 0 Å². The number of hydrogen-bond acceptors (Lipinski definition) is 2.